The van der Waals surface area contributed by atoms with Gasteiger partial charge in [-0.15, -0.1) is 0 Å². The van der Waals surface area contributed by atoms with Gasteiger partial charge in [-0.3, -0.25) is 4.90 Å². The molecular formula is C33H37FN2O6. The molecule has 1 fully saturated rings. The Kier molecular flexibility index (Phi) is 9.74. The van der Waals surface area contributed by atoms with Crippen molar-refractivity contribution in [3.8, 4) is 22.8 Å². The van der Waals surface area contributed by atoms with E-state index < -0.39 is 5.97 Å². The monoisotopic (exact) mass is 576 g/mol. The van der Waals surface area contributed by atoms with Crippen LogP contribution in [-0.4, -0.2) is 77.8 Å². The first-order valence-electron chi connectivity index (χ1n) is 14.3. The van der Waals surface area contributed by atoms with E-state index in [9.17, 15) is 14.3 Å². The van der Waals surface area contributed by atoms with Gasteiger partial charge in [-0.1, -0.05) is 12.1 Å². The second kappa shape index (κ2) is 13.8. The minimum Gasteiger partial charge on any atom is -0.508 e. The number of halogens is 1. The summed E-state index contributed by atoms with van der Waals surface area (Å²) in [4.78, 5) is 12.8. The molecule has 4 aromatic rings. The molecule has 0 bridgehead atoms. The molecule has 0 aliphatic carbocycles. The van der Waals surface area contributed by atoms with Crippen LogP contribution < -0.4 is 4.74 Å². The van der Waals surface area contributed by atoms with Gasteiger partial charge in [0.05, 0.1) is 25.0 Å². The Hall–Kier alpha value is -3.92. The number of rotatable bonds is 13. The van der Waals surface area contributed by atoms with Gasteiger partial charge in [0.25, 0.3) is 0 Å². The molecule has 0 unspecified atom stereocenters. The van der Waals surface area contributed by atoms with Crippen molar-refractivity contribution in [2.24, 2.45) is 0 Å². The Morgan fingerprint density at radius 3 is 2.43 bits per heavy atom. The number of hydrogen-bond donors (Lipinski definition) is 2. The third-order valence-corrected chi connectivity index (χ3v) is 7.70. The van der Waals surface area contributed by atoms with Crippen LogP contribution in [0.2, 0.25) is 0 Å². The second-order valence-electron chi connectivity index (χ2n) is 10.6. The van der Waals surface area contributed by atoms with Crippen LogP contribution in [0.25, 0.3) is 22.2 Å². The maximum Gasteiger partial charge on any atom is 0.329 e. The number of likely N-dealkylation sites (tertiary alicyclic amines) is 1. The van der Waals surface area contributed by atoms with E-state index in [0.717, 1.165) is 71.5 Å². The third-order valence-electron chi connectivity index (χ3n) is 7.70. The predicted octanol–water partition coefficient (Wildman–Crippen LogP) is 5.47. The summed E-state index contributed by atoms with van der Waals surface area (Å²) in [6.07, 6.45) is 2.04. The summed E-state index contributed by atoms with van der Waals surface area (Å²) < 4.78 is 32.7. The van der Waals surface area contributed by atoms with E-state index in [1.54, 1.807) is 24.3 Å². The maximum absolute atomic E-state index is 13.7. The van der Waals surface area contributed by atoms with Crippen LogP contribution in [-0.2, 0) is 20.8 Å². The summed E-state index contributed by atoms with van der Waals surface area (Å²) in [5, 5.41) is 19.7. The van der Waals surface area contributed by atoms with Gasteiger partial charge in [0.15, 0.2) is 0 Å². The van der Waals surface area contributed by atoms with E-state index in [0.29, 0.717) is 26.4 Å². The number of aromatic hydroxyl groups is 1. The summed E-state index contributed by atoms with van der Waals surface area (Å²) in [5.74, 6) is -0.215. The number of benzene rings is 3. The van der Waals surface area contributed by atoms with Crippen LogP contribution in [0.3, 0.4) is 0 Å². The summed E-state index contributed by atoms with van der Waals surface area (Å²) in [6, 6.07) is 20.0. The Labute approximate surface area is 244 Å². The van der Waals surface area contributed by atoms with E-state index in [-0.39, 0.29) is 24.3 Å². The highest BCUT2D eigenvalue weighted by molar-refractivity contribution is 5.92. The number of aliphatic carboxylic acids is 1. The predicted molar refractivity (Wildman–Crippen MR) is 159 cm³/mol. The topological polar surface area (TPSA) is 93.4 Å². The number of carboxylic acids is 1. The first-order chi connectivity index (χ1) is 20.4. The molecule has 1 aliphatic heterocycles. The van der Waals surface area contributed by atoms with E-state index in [2.05, 4.69) is 21.6 Å². The third kappa shape index (κ3) is 7.47. The molecule has 2 N–H and O–H groups in total. The highest BCUT2D eigenvalue weighted by atomic mass is 19.1. The van der Waals surface area contributed by atoms with Gasteiger partial charge in [-0.2, -0.15) is 0 Å². The van der Waals surface area contributed by atoms with Crippen LogP contribution in [0.15, 0.2) is 66.7 Å². The van der Waals surface area contributed by atoms with Crippen molar-refractivity contribution in [2.45, 2.75) is 32.4 Å². The molecular weight excluding hydrogens is 539 g/mol. The van der Waals surface area contributed by atoms with Crippen molar-refractivity contribution in [1.29, 1.82) is 0 Å². The zero-order valence-electron chi connectivity index (χ0n) is 23.8. The number of carboxylic acid groups (broad SMARTS) is 1. The van der Waals surface area contributed by atoms with E-state index >= 15 is 0 Å². The molecule has 0 atom stereocenters. The lowest BCUT2D eigenvalue weighted by molar-refractivity contribution is -0.143. The minimum atomic E-state index is -0.970. The lowest BCUT2D eigenvalue weighted by Gasteiger charge is -2.31. The lowest BCUT2D eigenvalue weighted by Crippen LogP contribution is -2.39. The molecule has 8 nitrogen and oxygen atoms in total. The average Bonchev–Trinajstić information content (AvgIpc) is 3.25. The average molecular weight is 577 g/mol. The van der Waals surface area contributed by atoms with Gasteiger partial charge in [-0.05, 0) is 91.1 Å². The number of hydrogen-bond acceptors (Lipinski definition) is 6. The van der Waals surface area contributed by atoms with Crippen LogP contribution in [0.5, 0.6) is 11.5 Å². The second-order valence-corrected chi connectivity index (χ2v) is 10.6. The zero-order chi connectivity index (χ0) is 29.5. The van der Waals surface area contributed by atoms with Crippen molar-refractivity contribution in [2.75, 3.05) is 46.1 Å². The normalized spacial score (nSPS) is 14.4. The Balaban J connectivity index is 1.14. The molecule has 9 heteroatoms. The molecule has 222 valence electrons. The van der Waals surface area contributed by atoms with E-state index in [4.69, 9.17) is 19.3 Å². The largest absolute Gasteiger partial charge is 0.508 e. The number of nitrogens with zero attached hydrogens (tertiary/aromatic N) is 2. The SMILES string of the molecule is Cc1c(-c2ccc(F)cc2)n(Cc2ccc(OCCN3CCC(OCCOCC(=O)O)CC3)cc2)c2ccc(O)cc12. The van der Waals surface area contributed by atoms with Gasteiger partial charge < -0.3 is 29.0 Å². The van der Waals surface area contributed by atoms with Crippen molar-refractivity contribution in [3.05, 3.63) is 83.7 Å². The number of carbonyl (C=O) groups is 1. The van der Waals surface area contributed by atoms with Crippen molar-refractivity contribution < 1.29 is 33.6 Å². The molecule has 3 aromatic carbocycles. The van der Waals surface area contributed by atoms with Crippen LogP contribution in [0.1, 0.15) is 24.0 Å². The Morgan fingerprint density at radius 2 is 1.71 bits per heavy atom. The van der Waals surface area contributed by atoms with Gasteiger partial charge in [0, 0.05) is 37.1 Å². The molecule has 1 saturated heterocycles. The molecule has 5 rings (SSSR count). The van der Waals surface area contributed by atoms with E-state index in [1.165, 1.54) is 12.1 Å². The van der Waals surface area contributed by atoms with Gasteiger partial charge in [-0.25, -0.2) is 9.18 Å². The number of aromatic nitrogens is 1. The summed E-state index contributed by atoms with van der Waals surface area (Å²) in [7, 11) is 0. The summed E-state index contributed by atoms with van der Waals surface area (Å²) >= 11 is 0. The van der Waals surface area contributed by atoms with E-state index in [1.807, 2.05) is 25.1 Å². The molecule has 0 saturated carbocycles. The number of piperidine rings is 1. The highest BCUT2D eigenvalue weighted by Crippen LogP contribution is 2.36. The fourth-order valence-corrected chi connectivity index (χ4v) is 5.55. The molecule has 0 spiro atoms. The first kappa shape index (κ1) is 29.6. The molecule has 1 aromatic heterocycles. The fourth-order valence-electron chi connectivity index (χ4n) is 5.55. The molecule has 0 radical (unpaired) electrons. The molecule has 42 heavy (non-hydrogen) atoms. The van der Waals surface area contributed by atoms with Crippen LogP contribution >= 0.6 is 0 Å². The number of ether oxygens (including phenoxy) is 3. The summed E-state index contributed by atoms with van der Waals surface area (Å²) in [5.41, 5.74) is 5.06. The minimum absolute atomic E-state index is 0.179. The van der Waals surface area contributed by atoms with Crippen LogP contribution in [0.4, 0.5) is 4.39 Å². The highest BCUT2D eigenvalue weighted by Gasteiger charge is 2.20. The van der Waals surface area contributed by atoms with Crippen molar-refractivity contribution in [3.63, 3.8) is 0 Å². The molecule has 1 aliphatic rings. The molecule has 0 amide bonds. The Morgan fingerprint density at radius 1 is 0.976 bits per heavy atom. The van der Waals surface area contributed by atoms with Crippen molar-refractivity contribution in [1.82, 2.24) is 9.47 Å². The van der Waals surface area contributed by atoms with Gasteiger partial charge in [0.1, 0.15) is 30.5 Å². The standard InChI is InChI=1S/C33H37FN2O6/c1-23-30-20-27(37)8-11-31(30)36(33(23)25-4-6-26(34)7-5-25)21-24-2-9-28(10-3-24)41-17-16-35-14-12-29(13-15-35)42-19-18-40-22-32(38)39/h2-11,20,29,37H,12-19,21-22H2,1H3,(H,38,39). The maximum atomic E-state index is 13.7. The van der Waals surface area contributed by atoms with Gasteiger partial charge in [0.2, 0.25) is 0 Å². The quantitative estimate of drug-likeness (QED) is 0.204. The first-order valence-corrected chi connectivity index (χ1v) is 14.3. The smallest absolute Gasteiger partial charge is 0.329 e. The Bertz CT molecular complexity index is 1480. The number of aryl methyl sites for hydroxylation is 1. The lowest BCUT2D eigenvalue weighted by atomic mass is 10.1. The molecule has 2 heterocycles. The number of phenolic OH excluding ortho intramolecular Hbond substituents is 1. The van der Waals surface area contributed by atoms with Crippen LogP contribution in [0, 0.1) is 12.7 Å². The van der Waals surface area contributed by atoms with Gasteiger partial charge >= 0.3 is 5.97 Å². The number of phenols is 1. The zero-order valence-corrected chi connectivity index (χ0v) is 23.8. The van der Waals surface area contributed by atoms with Crippen molar-refractivity contribution >= 4 is 16.9 Å². The fraction of sp³-hybridized carbons (Fsp3) is 0.364. The number of fused-ring (bicyclic) bond motifs is 1. The summed E-state index contributed by atoms with van der Waals surface area (Å²) in [6.45, 7) is 6.34.